The summed E-state index contributed by atoms with van der Waals surface area (Å²) >= 11 is 0. The van der Waals surface area contributed by atoms with Crippen molar-refractivity contribution in [1.82, 2.24) is 9.97 Å². The van der Waals surface area contributed by atoms with Gasteiger partial charge in [-0.2, -0.15) is 9.97 Å². The first-order chi connectivity index (χ1) is 7.47. The number of aromatic nitrogens is 2. The molecule has 0 radical (unpaired) electrons. The van der Waals surface area contributed by atoms with Crippen LogP contribution in [0.15, 0.2) is 0 Å². The molecule has 0 aliphatic heterocycles. The van der Waals surface area contributed by atoms with Crippen molar-refractivity contribution in [2.45, 2.75) is 6.92 Å². The molecule has 1 aromatic rings. The number of nitrogens with zero attached hydrogens (tertiary/aromatic N) is 3. The normalized spacial score (nSPS) is 9.81. The van der Waals surface area contributed by atoms with Crippen LogP contribution in [0.1, 0.15) is 17.4 Å². The molecule has 0 unspecified atom stereocenters. The van der Waals surface area contributed by atoms with Crippen LogP contribution >= 0.6 is 0 Å². The highest BCUT2D eigenvalue weighted by Gasteiger charge is 2.28. The molecule has 4 N–H and O–H groups in total. The van der Waals surface area contributed by atoms with Gasteiger partial charge in [-0.1, -0.05) is 0 Å². The molecule has 0 fully saturated rings. The minimum Gasteiger partial charge on any atom is -0.461 e. The molecule has 16 heavy (non-hydrogen) atoms. The summed E-state index contributed by atoms with van der Waals surface area (Å²) in [5, 5.41) is 10.7. The maximum absolute atomic E-state index is 11.3. The summed E-state index contributed by atoms with van der Waals surface area (Å²) in [5.41, 5.74) is 9.26. The Bertz CT molecular complexity index is 447. The van der Waals surface area contributed by atoms with Crippen molar-refractivity contribution >= 4 is 23.4 Å². The number of rotatable bonds is 3. The second kappa shape index (κ2) is 4.38. The van der Waals surface area contributed by atoms with E-state index >= 15 is 0 Å². The third-order valence-corrected chi connectivity index (χ3v) is 1.58. The summed E-state index contributed by atoms with van der Waals surface area (Å²) in [7, 11) is 0. The first-order valence-electron chi connectivity index (χ1n) is 4.21. The molecule has 0 saturated carbocycles. The topological polar surface area (TPSA) is 147 Å². The average Bonchev–Trinajstić information content (AvgIpc) is 2.15. The Labute approximate surface area is 89.6 Å². The zero-order valence-electron chi connectivity index (χ0n) is 8.34. The predicted molar refractivity (Wildman–Crippen MR) is 53.5 cm³/mol. The van der Waals surface area contributed by atoms with Crippen LogP contribution in [0.4, 0.5) is 17.5 Å². The number of hydrogen-bond acceptors (Lipinski definition) is 8. The van der Waals surface area contributed by atoms with Gasteiger partial charge in [-0.15, -0.1) is 0 Å². The van der Waals surface area contributed by atoms with Gasteiger partial charge in [0.15, 0.2) is 0 Å². The van der Waals surface area contributed by atoms with Crippen molar-refractivity contribution in [3.63, 3.8) is 0 Å². The van der Waals surface area contributed by atoms with E-state index in [9.17, 15) is 14.9 Å². The highest BCUT2D eigenvalue weighted by atomic mass is 16.6. The molecule has 0 spiro atoms. The van der Waals surface area contributed by atoms with Gasteiger partial charge >= 0.3 is 11.7 Å². The Morgan fingerprint density at radius 3 is 2.62 bits per heavy atom. The smallest absolute Gasteiger partial charge is 0.364 e. The van der Waals surface area contributed by atoms with Gasteiger partial charge in [0.25, 0.3) is 0 Å². The van der Waals surface area contributed by atoms with Gasteiger partial charge in [0.05, 0.1) is 11.5 Å². The predicted octanol–water partition coefficient (Wildman–Crippen LogP) is -0.274. The van der Waals surface area contributed by atoms with E-state index in [1.807, 2.05) is 0 Å². The van der Waals surface area contributed by atoms with E-state index in [4.69, 9.17) is 11.5 Å². The molecule has 0 aliphatic carbocycles. The fraction of sp³-hybridized carbons (Fsp3) is 0.286. The number of ether oxygens (including phenoxy) is 1. The molecule has 0 amide bonds. The number of nitrogens with two attached hydrogens (primary N) is 2. The Morgan fingerprint density at radius 2 is 2.12 bits per heavy atom. The lowest BCUT2D eigenvalue weighted by atomic mass is 10.3. The van der Waals surface area contributed by atoms with Gasteiger partial charge in [0, 0.05) is 0 Å². The van der Waals surface area contributed by atoms with Crippen LogP contribution in [-0.2, 0) is 4.74 Å². The van der Waals surface area contributed by atoms with E-state index in [-0.39, 0.29) is 12.6 Å². The quantitative estimate of drug-likeness (QED) is 0.407. The summed E-state index contributed by atoms with van der Waals surface area (Å²) in [5.74, 6) is -1.76. The first-order valence-corrected chi connectivity index (χ1v) is 4.21. The molecule has 0 atom stereocenters. The third-order valence-electron chi connectivity index (χ3n) is 1.58. The second-order valence-electron chi connectivity index (χ2n) is 2.64. The van der Waals surface area contributed by atoms with Gasteiger partial charge < -0.3 is 16.2 Å². The van der Waals surface area contributed by atoms with Gasteiger partial charge in [0.2, 0.25) is 17.5 Å². The zero-order valence-corrected chi connectivity index (χ0v) is 8.34. The van der Waals surface area contributed by atoms with E-state index in [1.165, 1.54) is 0 Å². The van der Waals surface area contributed by atoms with E-state index < -0.39 is 28.1 Å². The number of nitrogen functional groups attached to an aromatic ring is 2. The molecule has 86 valence electrons. The molecule has 0 aromatic carbocycles. The lowest BCUT2D eigenvalue weighted by Crippen LogP contribution is -2.15. The van der Waals surface area contributed by atoms with E-state index in [2.05, 4.69) is 14.7 Å². The lowest BCUT2D eigenvalue weighted by Gasteiger charge is -2.04. The molecule has 9 heteroatoms. The SMILES string of the molecule is CCOC(=O)c1nc(N)nc(N)c1[N+](=O)[O-]. The Kier molecular flexibility index (Phi) is 3.18. The summed E-state index contributed by atoms with van der Waals surface area (Å²) in [6.45, 7) is 1.61. The molecule has 0 bridgehead atoms. The Morgan fingerprint density at radius 1 is 1.50 bits per heavy atom. The van der Waals surface area contributed by atoms with Gasteiger partial charge in [-0.3, -0.25) is 10.1 Å². The van der Waals surface area contributed by atoms with Crippen molar-refractivity contribution < 1.29 is 14.5 Å². The standard InChI is InChI=1S/C7H9N5O4/c1-2-16-6(13)3-4(12(14)15)5(8)11-7(9)10-3/h2H2,1H3,(H4,8,9,10,11). The minimum absolute atomic E-state index is 0.0554. The van der Waals surface area contributed by atoms with Crippen LogP contribution in [0.25, 0.3) is 0 Å². The molecule has 1 rings (SSSR count). The van der Waals surface area contributed by atoms with Crippen LogP contribution in [0.5, 0.6) is 0 Å². The van der Waals surface area contributed by atoms with Gasteiger partial charge in [0.1, 0.15) is 0 Å². The second-order valence-corrected chi connectivity index (χ2v) is 2.64. The first kappa shape index (κ1) is 11.6. The zero-order chi connectivity index (χ0) is 12.3. The van der Waals surface area contributed by atoms with E-state index in [0.29, 0.717) is 0 Å². The molecular weight excluding hydrogens is 218 g/mol. The van der Waals surface area contributed by atoms with Crippen molar-refractivity contribution in [3.8, 4) is 0 Å². The fourth-order valence-electron chi connectivity index (χ4n) is 1.01. The van der Waals surface area contributed by atoms with Crippen molar-refractivity contribution in [3.05, 3.63) is 15.8 Å². The van der Waals surface area contributed by atoms with Gasteiger partial charge in [-0.25, -0.2) is 4.79 Å². The van der Waals surface area contributed by atoms with Crippen LogP contribution < -0.4 is 11.5 Å². The van der Waals surface area contributed by atoms with E-state index in [1.54, 1.807) is 6.92 Å². The van der Waals surface area contributed by atoms with Crippen molar-refractivity contribution in [2.24, 2.45) is 0 Å². The number of carbonyl (C=O) groups excluding carboxylic acids is 1. The third kappa shape index (κ3) is 2.13. The molecule has 1 heterocycles. The summed E-state index contributed by atoms with van der Waals surface area (Å²) in [6, 6.07) is 0. The Hall–Kier alpha value is -2.45. The Balaban J connectivity index is 3.35. The van der Waals surface area contributed by atoms with Crippen LogP contribution in [0, 0.1) is 10.1 Å². The molecule has 0 saturated heterocycles. The maximum atomic E-state index is 11.3. The maximum Gasteiger partial charge on any atom is 0.364 e. The molecular formula is C7H9N5O4. The summed E-state index contributed by atoms with van der Waals surface area (Å²) in [6.07, 6.45) is 0. The average molecular weight is 227 g/mol. The number of anilines is 2. The van der Waals surface area contributed by atoms with Crippen LogP contribution in [0.3, 0.4) is 0 Å². The van der Waals surface area contributed by atoms with Gasteiger partial charge in [-0.05, 0) is 6.92 Å². The number of nitro groups is 1. The highest BCUT2D eigenvalue weighted by Crippen LogP contribution is 2.24. The highest BCUT2D eigenvalue weighted by molar-refractivity contribution is 5.94. The lowest BCUT2D eigenvalue weighted by molar-refractivity contribution is -0.384. The van der Waals surface area contributed by atoms with E-state index in [0.717, 1.165) is 0 Å². The summed E-state index contributed by atoms with van der Waals surface area (Å²) in [4.78, 5) is 28.0. The molecule has 9 nitrogen and oxygen atoms in total. The largest absolute Gasteiger partial charge is 0.461 e. The number of esters is 1. The number of hydrogen-bond donors (Lipinski definition) is 2. The van der Waals surface area contributed by atoms with Crippen molar-refractivity contribution in [2.75, 3.05) is 18.1 Å². The van der Waals surface area contributed by atoms with Crippen LogP contribution in [-0.4, -0.2) is 27.5 Å². The fourth-order valence-corrected chi connectivity index (χ4v) is 1.01. The minimum atomic E-state index is -0.963. The number of carbonyl (C=O) groups is 1. The van der Waals surface area contributed by atoms with Crippen LogP contribution in [0.2, 0.25) is 0 Å². The summed E-state index contributed by atoms with van der Waals surface area (Å²) < 4.78 is 4.58. The van der Waals surface area contributed by atoms with Crippen molar-refractivity contribution in [1.29, 1.82) is 0 Å². The monoisotopic (exact) mass is 227 g/mol. The molecule has 1 aromatic heterocycles. The molecule has 0 aliphatic rings.